The van der Waals surface area contributed by atoms with Gasteiger partial charge < -0.3 is 10.1 Å². The Morgan fingerprint density at radius 2 is 2.22 bits per heavy atom. The van der Waals surface area contributed by atoms with Crippen molar-refractivity contribution >= 4 is 16.9 Å². The van der Waals surface area contributed by atoms with Crippen molar-refractivity contribution in [3.8, 4) is 0 Å². The van der Waals surface area contributed by atoms with Gasteiger partial charge in [0.05, 0.1) is 12.7 Å². The highest BCUT2D eigenvalue weighted by Crippen LogP contribution is 2.18. The predicted octanol–water partition coefficient (Wildman–Crippen LogP) is 1.51. The number of nitrogens with zero attached hydrogens (tertiary/aromatic N) is 3. The standard InChI is InChI=1S/C12H10N4O2/c17-12(18)11-6-14-16(15-11)7-8-5-13-10-4-2-1-3-9(8)10/h1-6,13H,7H2,(H,17,18). The number of carbonyl (C=O) groups is 1. The largest absolute Gasteiger partial charge is 0.476 e. The number of H-pyrrole nitrogens is 1. The molecule has 90 valence electrons. The third kappa shape index (κ3) is 1.73. The van der Waals surface area contributed by atoms with Crippen molar-refractivity contribution in [3.63, 3.8) is 0 Å². The number of para-hydroxylation sites is 1. The molecule has 6 heteroatoms. The quantitative estimate of drug-likeness (QED) is 0.729. The molecule has 0 aliphatic heterocycles. The molecule has 6 nitrogen and oxygen atoms in total. The summed E-state index contributed by atoms with van der Waals surface area (Å²) in [6.45, 7) is 0.442. The second-order valence-corrected chi connectivity index (χ2v) is 3.92. The Morgan fingerprint density at radius 1 is 1.39 bits per heavy atom. The molecule has 1 aromatic carbocycles. The minimum Gasteiger partial charge on any atom is -0.476 e. The normalized spacial score (nSPS) is 10.9. The van der Waals surface area contributed by atoms with Gasteiger partial charge in [0.1, 0.15) is 0 Å². The molecule has 0 aliphatic rings. The van der Waals surface area contributed by atoms with Crippen LogP contribution < -0.4 is 0 Å². The number of fused-ring (bicyclic) bond motifs is 1. The molecule has 0 atom stereocenters. The Labute approximate surface area is 102 Å². The number of benzene rings is 1. The number of aromatic amines is 1. The van der Waals surface area contributed by atoms with Crippen molar-refractivity contribution in [2.45, 2.75) is 6.54 Å². The zero-order valence-corrected chi connectivity index (χ0v) is 9.37. The second kappa shape index (κ2) is 3.99. The highest BCUT2D eigenvalue weighted by Gasteiger charge is 2.09. The van der Waals surface area contributed by atoms with Gasteiger partial charge in [-0.15, -0.1) is 5.10 Å². The number of nitrogens with one attached hydrogen (secondary N) is 1. The number of carboxylic acid groups (broad SMARTS) is 1. The topological polar surface area (TPSA) is 83.8 Å². The summed E-state index contributed by atoms with van der Waals surface area (Å²) in [6.07, 6.45) is 3.13. The van der Waals surface area contributed by atoms with E-state index in [-0.39, 0.29) is 5.69 Å². The van der Waals surface area contributed by atoms with Gasteiger partial charge >= 0.3 is 5.97 Å². The van der Waals surface area contributed by atoms with E-state index in [9.17, 15) is 4.79 Å². The number of hydrogen-bond donors (Lipinski definition) is 2. The van der Waals surface area contributed by atoms with Gasteiger partial charge in [-0.1, -0.05) is 18.2 Å². The molecule has 3 rings (SSSR count). The maximum atomic E-state index is 10.7. The van der Waals surface area contributed by atoms with Crippen LogP contribution in [0.5, 0.6) is 0 Å². The maximum absolute atomic E-state index is 10.7. The minimum absolute atomic E-state index is 0.0464. The first-order chi connectivity index (χ1) is 8.74. The summed E-state index contributed by atoms with van der Waals surface area (Å²) in [5, 5.41) is 17.7. The molecule has 0 unspecified atom stereocenters. The summed E-state index contributed by atoms with van der Waals surface area (Å²) in [4.78, 5) is 15.2. The first-order valence-corrected chi connectivity index (χ1v) is 5.42. The minimum atomic E-state index is -1.07. The summed E-state index contributed by atoms with van der Waals surface area (Å²) in [7, 11) is 0. The van der Waals surface area contributed by atoms with E-state index >= 15 is 0 Å². The monoisotopic (exact) mass is 242 g/mol. The van der Waals surface area contributed by atoms with Crippen LogP contribution in [-0.2, 0) is 6.54 Å². The van der Waals surface area contributed by atoms with Gasteiger partial charge in [0.2, 0.25) is 0 Å². The number of hydrogen-bond acceptors (Lipinski definition) is 3. The van der Waals surface area contributed by atoms with E-state index in [1.54, 1.807) is 0 Å². The maximum Gasteiger partial charge on any atom is 0.358 e. The third-order valence-corrected chi connectivity index (χ3v) is 2.74. The molecular weight excluding hydrogens is 232 g/mol. The summed E-state index contributed by atoms with van der Waals surface area (Å²) >= 11 is 0. The SMILES string of the molecule is O=C(O)c1cnn(Cc2c[nH]c3ccccc23)n1. The van der Waals surface area contributed by atoms with Crippen LogP contribution in [0.15, 0.2) is 36.7 Å². The van der Waals surface area contributed by atoms with E-state index in [1.807, 2.05) is 30.5 Å². The van der Waals surface area contributed by atoms with Crippen LogP contribution in [-0.4, -0.2) is 31.1 Å². The number of aromatic nitrogens is 4. The molecule has 0 fully saturated rings. The van der Waals surface area contributed by atoms with Gasteiger partial charge in [0.15, 0.2) is 5.69 Å². The van der Waals surface area contributed by atoms with Crippen LogP contribution in [0.4, 0.5) is 0 Å². The summed E-state index contributed by atoms with van der Waals surface area (Å²) < 4.78 is 0. The van der Waals surface area contributed by atoms with Crippen molar-refractivity contribution in [1.29, 1.82) is 0 Å². The van der Waals surface area contributed by atoms with Crippen LogP contribution in [0.1, 0.15) is 16.1 Å². The van der Waals surface area contributed by atoms with Gasteiger partial charge in [0, 0.05) is 22.7 Å². The molecule has 0 aliphatic carbocycles. The lowest BCUT2D eigenvalue weighted by Crippen LogP contribution is -2.05. The fourth-order valence-corrected chi connectivity index (χ4v) is 1.89. The lowest BCUT2D eigenvalue weighted by Gasteiger charge is -1.98. The van der Waals surface area contributed by atoms with Crippen molar-refractivity contribution in [2.24, 2.45) is 0 Å². The smallest absolute Gasteiger partial charge is 0.358 e. The lowest BCUT2D eigenvalue weighted by molar-refractivity contribution is 0.0689. The van der Waals surface area contributed by atoms with Gasteiger partial charge in [-0.2, -0.15) is 9.90 Å². The molecule has 18 heavy (non-hydrogen) atoms. The predicted molar refractivity (Wildman–Crippen MR) is 64.4 cm³/mol. The molecule has 0 radical (unpaired) electrons. The Morgan fingerprint density at radius 3 is 3.00 bits per heavy atom. The fourth-order valence-electron chi connectivity index (χ4n) is 1.89. The first-order valence-electron chi connectivity index (χ1n) is 5.42. The van der Waals surface area contributed by atoms with E-state index in [0.717, 1.165) is 16.5 Å². The van der Waals surface area contributed by atoms with Gasteiger partial charge in [0.25, 0.3) is 0 Å². The molecule has 0 saturated heterocycles. The molecule has 0 spiro atoms. The van der Waals surface area contributed by atoms with Gasteiger partial charge in [-0.25, -0.2) is 4.79 Å². The highest BCUT2D eigenvalue weighted by atomic mass is 16.4. The second-order valence-electron chi connectivity index (χ2n) is 3.92. The van der Waals surface area contributed by atoms with Gasteiger partial charge in [-0.3, -0.25) is 0 Å². The molecule has 3 aromatic rings. The van der Waals surface area contributed by atoms with Crippen molar-refractivity contribution in [1.82, 2.24) is 20.0 Å². The van der Waals surface area contributed by atoms with Gasteiger partial charge in [-0.05, 0) is 6.07 Å². The Bertz CT molecular complexity index is 714. The molecule has 0 saturated carbocycles. The molecule has 2 heterocycles. The average molecular weight is 242 g/mol. The van der Waals surface area contributed by atoms with Crippen LogP contribution >= 0.6 is 0 Å². The molecular formula is C12H10N4O2. The Balaban J connectivity index is 1.93. The van der Waals surface area contributed by atoms with Crippen molar-refractivity contribution in [2.75, 3.05) is 0 Å². The Hall–Kier alpha value is -2.63. The zero-order valence-electron chi connectivity index (χ0n) is 9.37. The summed E-state index contributed by atoms with van der Waals surface area (Å²) in [5.74, 6) is -1.07. The van der Waals surface area contributed by atoms with Crippen LogP contribution in [0.3, 0.4) is 0 Å². The average Bonchev–Trinajstić information content (AvgIpc) is 2.98. The number of aromatic carboxylic acids is 1. The molecule has 0 amide bonds. The molecule has 2 aromatic heterocycles. The Kier molecular flexibility index (Phi) is 2.33. The highest BCUT2D eigenvalue weighted by molar-refractivity contribution is 5.84. The van der Waals surface area contributed by atoms with Crippen molar-refractivity contribution in [3.05, 3.63) is 47.9 Å². The van der Waals surface area contributed by atoms with Crippen LogP contribution in [0.2, 0.25) is 0 Å². The fraction of sp³-hybridized carbons (Fsp3) is 0.0833. The number of rotatable bonds is 3. The third-order valence-electron chi connectivity index (χ3n) is 2.74. The first kappa shape index (κ1) is 10.5. The van der Waals surface area contributed by atoms with Crippen LogP contribution in [0, 0.1) is 0 Å². The number of carboxylic acids is 1. The van der Waals surface area contributed by atoms with E-state index in [2.05, 4.69) is 15.2 Å². The van der Waals surface area contributed by atoms with E-state index in [4.69, 9.17) is 5.11 Å². The molecule has 2 N–H and O–H groups in total. The lowest BCUT2D eigenvalue weighted by atomic mass is 10.2. The summed E-state index contributed by atoms with van der Waals surface area (Å²) in [5.41, 5.74) is 2.02. The van der Waals surface area contributed by atoms with Crippen molar-refractivity contribution < 1.29 is 9.90 Å². The van der Waals surface area contributed by atoms with Crippen LogP contribution in [0.25, 0.3) is 10.9 Å². The summed E-state index contributed by atoms with van der Waals surface area (Å²) in [6, 6.07) is 7.90. The zero-order chi connectivity index (χ0) is 12.5. The van der Waals surface area contributed by atoms with E-state index in [1.165, 1.54) is 11.0 Å². The molecule has 0 bridgehead atoms. The van der Waals surface area contributed by atoms with E-state index < -0.39 is 5.97 Å². The van der Waals surface area contributed by atoms with E-state index in [0.29, 0.717) is 6.54 Å².